The number of hydrogen-bond acceptors (Lipinski definition) is 9. The number of rotatable bonds is 9. The van der Waals surface area contributed by atoms with Crippen LogP contribution in [0.2, 0.25) is 5.02 Å². The minimum atomic E-state index is -1.51. The zero-order valence-electron chi connectivity index (χ0n) is 21.5. The normalized spacial score (nSPS) is 28.3. The van der Waals surface area contributed by atoms with Crippen LogP contribution >= 0.6 is 11.6 Å². The Balaban J connectivity index is 1.45. The first-order valence-electron chi connectivity index (χ1n) is 12.9. The average molecular weight is 550 g/mol. The molecular formula is C28H36ClNO8. The quantitative estimate of drug-likeness (QED) is 0.346. The lowest BCUT2D eigenvalue weighted by atomic mass is 9.90. The third-order valence-corrected chi connectivity index (χ3v) is 7.37. The molecule has 7 atom stereocenters. The number of esters is 1. The molecule has 0 aliphatic carbocycles. The summed E-state index contributed by atoms with van der Waals surface area (Å²) in [7, 11) is 0. The fourth-order valence-electron chi connectivity index (χ4n) is 4.51. The van der Waals surface area contributed by atoms with Crippen LogP contribution in [0.3, 0.4) is 0 Å². The largest absolute Gasteiger partial charge is 0.488 e. The van der Waals surface area contributed by atoms with Gasteiger partial charge in [0.2, 0.25) is 0 Å². The predicted molar refractivity (Wildman–Crippen MR) is 140 cm³/mol. The van der Waals surface area contributed by atoms with Crippen LogP contribution in [0.5, 0.6) is 5.75 Å². The van der Waals surface area contributed by atoms with Gasteiger partial charge in [0.05, 0.1) is 13.2 Å². The van der Waals surface area contributed by atoms with Crippen molar-refractivity contribution in [2.45, 2.75) is 69.4 Å². The first-order chi connectivity index (χ1) is 18.1. The summed E-state index contributed by atoms with van der Waals surface area (Å²) in [6.45, 7) is 4.58. The van der Waals surface area contributed by atoms with Gasteiger partial charge in [0.1, 0.15) is 55.0 Å². The van der Waals surface area contributed by atoms with Crippen molar-refractivity contribution in [3.63, 3.8) is 0 Å². The van der Waals surface area contributed by atoms with Crippen molar-refractivity contribution < 1.29 is 39.1 Å². The molecule has 9 nitrogen and oxygen atoms in total. The summed E-state index contributed by atoms with van der Waals surface area (Å²) in [6, 6.07) is 12.1. The Hall–Kier alpha value is -2.24. The van der Waals surface area contributed by atoms with Crippen molar-refractivity contribution in [1.82, 2.24) is 0 Å². The minimum Gasteiger partial charge on any atom is -0.488 e. The molecule has 2 aromatic carbocycles. The Morgan fingerprint density at radius 3 is 2.50 bits per heavy atom. The topological polar surface area (TPSA) is 141 Å². The van der Waals surface area contributed by atoms with Crippen LogP contribution < -0.4 is 10.5 Å². The summed E-state index contributed by atoms with van der Waals surface area (Å²) >= 11 is 6.49. The van der Waals surface area contributed by atoms with Crippen molar-refractivity contribution in [2.24, 2.45) is 11.7 Å². The Kier molecular flexibility index (Phi) is 9.64. The molecule has 0 unspecified atom stereocenters. The van der Waals surface area contributed by atoms with E-state index in [1.54, 1.807) is 32.0 Å². The van der Waals surface area contributed by atoms with Gasteiger partial charge in [0, 0.05) is 11.4 Å². The molecule has 2 heterocycles. The lowest BCUT2D eigenvalue weighted by molar-refractivity contribution is -0.234. The predicted octanol–water partition coefficient (Wildman–Crippen LogP) is 2.15. The first-order valence-corrected chi connectivity index (χ1v) is 13.3. The Morgan fingerprint density at radius 2 is 1.84 bits per heavy atom. The fourth-order valence-corrected chi connectivity index (χ4v) is 4.69. The Bertz CT molecular complexity index is 1080. The Labute approximate surface area is 227 Å². The van der Waals surface area contributed by atoms with Gasteiger partial charge >= 0.3 is 5.97 Å². The van der Waals surface area contributed by atoms with E-state index >= 15 is 0 Å². The minimum absolute atomic E-state index is 0.0713. The van der Waals surface area contributed by atoms with Crippen LogP contribution in [0.4, 0.5) is 0 Å². The van der Waals surface area contributed by atoms with Crippen molar-refractivity contribution in [3.8, 4) is 5.75 Å². The van der Waals surface area contributed by atoms with E-state index < -0.39 is 42.5 Å². The molecule has 2 aliphatic rings. The standard InChI is InChI=1S/C28H36ClNO8/c1-15(2)23(30)28(34)36-14-22-24(31)25(32)26(33)27(38-22)17-5-8-21(29)18(12-17)11-16-3-6-19(7-4-16)37-20-9-10-35-13-20/h3-8,12,15,20,22-27,31-33H,9-11,13-14,30H2,1-2H3/t20-,22-,23+,24-,25+,26-,27+/m1/s1. The van der Waals surface area contributed by atoms with Gasteiger partial charge in [-0.25, -0.2) is 0 Å². The molecule has 0 spiro atoms. The molecule has 208 valence electrons. The molecule has 0 saturated carbocycles. The smallest absolute Gasteiger partial charge is 0.323 e. The van der Waals surface area contributed by atoms with E-state index in [4.69, 9.17) is 36.3 Å². The number of aliphatic hydroxyl groups excluding tert-OH is 3. The molecule has 2 fully saturated rings. The third kappa shape index (κ3) is 6.84. The molecule has 2 saturated heterocycles. The maximum absolute atomic E-state index is 12.2. The number of aliphatic hydroxyl groups is 3. The second-order valence-electron chi connectivity index (χ2n) is 10.2. The summed E-state index contributed by atoms with van der Waals surface area (Å²) in [6.07, 6.45) is -4.93. The molecule has 38 heavy (non-hydrogen) atoms. The van der Waals surface area contributed by atoms with E-state index in [0.29, 0.717) is 30.2 Å². The molecule has 0 amide bonds. The Morgan fingerprint density at radius 1 is 1.11 bits per heavy atom. The fraction of sp³-hybridized carbons (Fsp3) is 0.536. The van der Waals surface area contributed by atoms with E-state index in [-0.39, 0.29) is 18.6 Å². The molecule has 0 bridgehead atoms. The lowest BCUT2D eigenvalue weighted by Crippen LogP contribution is -2.56. The van der Waals surface area contributed by atoms with E-state index in [1.807, 2.05) is 24.3 Å². The highest BCUT2D eigenvalue weighted by Crippen LogP contribution is 2.35. The van der Waals surface area contributed by atoms with Gasteiger partial charge in [0.25, 0.3) is 0 Å². The lowest BCUT2D eigenvalue weighted by Gasteiger charge is -2.40. The molecule has 2 aromatic rings. The maximum Gasteiger partial charge on any atom is 0.323 e. The zero-order valence-corrected chi connectivity index (χ0v) is 22.3. The van der Waals surface area contributed by atoms with Crippen molar-refractivity contribution >= 4 is 17.6 Å². The molecule has 0 radical (unpaired) electrons. The molecule has 2 aliphatic heterocycles. The van der Waals surface area contributed by atoms with Crippen molar-refractivity contribution in [3.05, 3.63) is 64.2 Å². The van der Waals surface area contributed by atoms with Gasteiger partial charge < -0.3 is 40.0 Å². The van der Waals surface area contributed by atoms with Crippen molar-refractivity contribution in [1.29, 1.82) is 0 Å². The van der Waals surface area contributed by atoms with Crippen LogP contribution in [0.25, 0.3) is 0 Å². The summed E-state index contributed by atoms with van der Waals surface area (Å²) in [5.41, 5.74) is 8.19. The number of carbonyl (C=O) groups excluding carboxylic acids is 1. The highest BCUT2D eigenvalue weighted by atomic mass is 35.5. The number of carbonyl (C=O) groups is 1. The second kappa shape index (κ2) is 12.7. The highest BCUT2D eigenvalue weighted by Gasteiger charge is 2.45. The van der Waals surface area contributed by atoms with Crippen LogP contribution in [-0.4, -0.2) is 77.7 Å². The van der Waals surface area contributed by atoms with Gasteiger partial charge in [-0.15, -0.1) is 0 Å². The highest BCUT2D eigenvalue weighted by molar-refractivity contribution is 6.31. The van der Waals surface area contributed by atoms with E-state index in [2.05, 4.69) is 0 Å². The van der Waals surface area contributed by atoms with Crippen LogP contribution in [0.1, 0.15) is 43.1 Å². The summed E-state index contributed by atoms with van der Waals surface area (Å²) in [5, 5.41) is 32.2. The number of ether oxygens (including phenoxy) is 4. The number of nitrogens with two attached hydrogens (primary N) is 1. The van der Waals surface area contributed by atoms with Crippen LogP contribution in [-0.2, 0) is 25.4 Å². The number of benzene rings is 2. The molecule has 0 aromatic heterocycles. The average Bonchev–Trinajstić information content (AvgIpc) is 3.42. The molecular weight excluding hydrogens is 514 g/mol. The third-order valence-electron chi connectivity index (χ3n) is 7.00. The molecule has 10 heteroatoms. The van der Waals surface area contributed by atoms with Crippen LogP contribution in [0, 0.1) is 5.92 Å². The summed E-state index contributed by atoms with van der Waals surface area (Å²) < 4.78 is 22.4. The molecule has 4 rings (SSSR count). The summed E-state index contributed by atoms with van der Waals surface area (Å²) in [4.78, 5) is 12.2. The monoisotopic (exact) mass is 549 g/mol. The maximum atomic E-state index is 12.2. The number of hydrogen-bond donors (Lipinski definition) is 4. The summed E-state index contributed by atoms with van der Waals surface area (Å²) in [5.74, 6) is 0.0178. The van der Waals surface area contributed by atoms with Crippen molar-refractivity contribution in [2.75, 3.05) is 19.8 Å². The second-order valence-corrected chi connectivity index (χ2v) is 10.6. The first kappa shape index (κ1) is 28.8. The SMILES string of the molecule is CC(C)[C@H](N)C(=O)OC[C@H]1O[C@@H](c2ccc(Cl)c(Cc3ccc(O[C@@H]4CCOC4)cc3)c2)[C@H](O)[C@@H](O)[C@@H]1O. The van der Waals surface area contributed by atoms with E-state index in [0.717, 1.165) is 23.3 Å². The van der Waals surface area contributed by atoms with Gasteiger partial charge in [-0.05, 0) is 47.2 Å². The van der Waals surface area contributed by atoms with E-state index in [1.165, 1.54) is 0 Å². The van der Waals surface area contributed by atoms with Gasteiger partial charge in [-0.3, -0.25) is 4.79 Å². The zero-order chi connectivity index (χ0) is 27.4. The van der Waals surface area contributed by atoms with E-state index in [9.17, 15) is 20.1 Å². The van der Waals surface area contributed by atoms with Gasteiger partial charge in [-0.1, -0.05) is 49.7 Å². The molecule has 5 N–H and O–H groups in total. The number of halogens is 1. The van der Waals surface area contributed by atoms with Crippen LogP contribution in [0.15, 0.2) is 42.5 Å². The van der Waals surface area contributed by atoms with Gasteiger partial charge in [-0.2, -0.15) is 0 Å². The van der Waals surface area contributed by atoms with Gasteiger partial charge in [0.15, 0.2) is 0 Å².